The van der Waals surface area contributed by atoms with Gasteiger partial charge in [0.05, 0.1) is 5.57 Å². The summed E-state index contributed by atoms with van der Waals surface area (Å²) in [5.41, 5.74) is 4.24. The summed E-state index contributed by atoms with van der Waals surface area (Å²) in [6.45, 7) is 3.97. The highest BCUT2D eigenvalue weighted by Crippen LogP contribution is 2.44. The summed E-state index contributed by atoms with van der Waals surface area (Å²) >= 11 is 1.45. The molecule has 6 heteroatoms. The largest absolute Gasteiger partial charge is 0.507 e. The summed E-state index contributed by atoms with van der Waals surface area (Å²) in [5, 5.41) is 14.0. The fraction of sp³-hybridized carbons (Fsp3) is 0.120. The standard InChI is InChI=1S/C25H20N2O3S/c1-14-9-10-16(12-15(14)2)27-22(20-8-5-11-31-20)21(24(29)25(27)30)23(28)18-13-26-19-7-4-3-6-17(18)19/h3-13,22,26,28H,1-2H3/b23-21-. The Bertz CT molecular complexity index is 1360. The van der Waals surface area contributed by atoms with E-state index in [1.54, 1.807) is 6.20 Å². The van der Waals surface area contributed by atoms with Crippen LogP contribution in [0.15, 0.2) is 71.7 Å². The van der Waals surface area contributed by atoms with E-state index < -0.39 is 17.7 Å². The molecule has 5 rings (SSSR count). The fourth-order valence-electron chi connectivity index (χ4n) is 4.10. The summed E-state index contributed by atoms with van der Waals surface area (Å²) in [5.74, 6) is -1.48. The number of amides is 1. The van der Waals surface area contributed by atoms with E-state index in [0.29, 0.717) is 11.3 Å². The second-order valence-electron chi connectivity index (χ2n) is 7.70. The lowest BCUT2D eigenvalue weighted by atomic mass is 9.99. The molecule has 0 saturated carbocycles. The Morgan fingerprint density at radius 3 is 2.58 bits per heavy atom. The molecule has 3 heterocycles. The van der Waals surface area contributed by atoms with Crippen molar-refractivity contribution >= 4 is 45.4 Å². The van der Waals surface area contributed by atoms with Gasteiger partial charge in [-0.05, 0) is 54.6 Å². The van der Waals surface area contributed by atoms with Crippen molar-refractivity contribution in [3.05, 3.63) is 93.3 Å². The Kier molecular flexibility index (Phi) is 4.52. The number of ketones is 1. The zero-order chi connectivity index (χ0) is 21.7. The topological polar surface area (TPSA) is 73.4 Å². The first-order chi connectivity index (χ1) is 15.0. The molecular weight excluding hydrogens is 408 g/mol. The molecule has 5 nitrogen and oxygen atoms in total. The molecule has 1 saturated heterocycles. The summed E-state index contributed by atoms with van der Waals surface area (Å²) in [7, 11) is 0. The van der Waals surface area contributed by atoms with Crippen molar-refractivity contribution in [1.29, 1.82) is 0 Å². The van der Waals surface area contributed by atoms with Gasteiger partial charge in [-0.25, -0.2) is 0 Å². The molecule has 0 radical (unpaired) electrons. The van der Waals surface area contributed by atoms with E-state index in [9.17, 15) is 14.7 Å². The highest BCUT2D eigenvalue weighted by molar-refractivity contribution is 7.10. The number of hydrogen-bond acceptors (Lipinski definition) is 4. The van der Waals surface area contributed by atoms with Crippen molar-refractivity contribution in [3.8, 4) is 0 Å². The van der Waals surface area contributed by atoms with Gasteiger partial charge in [0.1, 0.15) is 11.8 Å². The lowest BCUT2D eigenvalue weighted by Crippen LogP contribution is -2.29. The number of H-pyrrole nitrogens is 1. The van der Waals surface area contributed by atoms with Gasteiger partial charge in [0.2, 0.25) is 0 Å². The van der Waals surface area contributed by atoms with Crippen LogP contribution in [0.25, 0.3) is 16.7 Å². The van der Waals surface area contributed by atoms with Gasteiger partial charge in [-0.1, -0.05) is 30.3 Å². The molecule has 1 fully saturated rings. The van der Waals surface area contributed by atoms with E-state index in [0.717, 1.165) is 26.9 Å². The predicted octanol–water partition coefficient (Wildman–Crippen LogP) is 5.47. The fourth-order valence-corrected chi connectivity index (χ4v) is 4.93. The van der Waals surface area contributed by atoms with Gasteiger partial charge < -0.3 is 10.1 Å². The molecule has 2 aromatic carbocycles. The molecule has 0 spiro atoms. The second-order valence-corrected chi connectivity index (χ2v) is 8.68. The Morgan fingerprint density at radius 2 is 1.84 bits per heavy atom. The van der Waals surface area contributed by atoms with Crippen LogP contribution in [0.1, 0.15) is 27.6 Å². The average molecular weight is 429 g/mol. The minimum atomic E-state index is -0.684. The number of anilines is 1. The number of aromatic nitrogens is 1. The van der Waals surface area contributed by atoms with Crippen LogP contribution in [-0.2, 0) is 9.59 Å². The number of para-hydroxylation sites is 1. The number of Topliss-reactive ketones (excluding diaryl/α,β-unsaturated/α-hetero) is 1. The second kappa shape index (κ2) is 7.25. The van der Waals surface area contributed by atoms with Crippen LogP contribution in [0.2, 0.25) is 0 Å². The molecule has 1 unspecified atom stereocenters. The quantitative estimate of drug-likeness (QED) is 0.258. The third-order valence-corrected chi connectivity index (χ3v) is 6.79. The number of hydrogen-bond donors (Lipinski definition) is 2. The number of nitrogens with zero attached hydrogens (tertiary/aromatic N) is 1. The minimum Gasteiger partial charge on any atom is -0.507 e. The monoisotopic (exact) mass is 428 g/mol. The lowest BCUT2D eigenvalue weighted by Gasteiger charge is -2.24. The van der Waals surface area contributed by atoms with E-state index in [1.165, 1.54) is 16.2 Å². The number of aromatic amines is 1. The normalized spacial score (nSPS) is 18.3. The van der Waals surface area contributed by atoms with E-state index in [2.05, 4.69) is 4.98 Å². The number of aryl methyl sites for hydroxylation is 2. The van der Waals surface area contributed by atoms with Crippen molar-refractivity contribution < 1.29 is 14.7 Å². The molecule has 1 aliphatic heterocycles. The Labute approximate surface area is 183 Å². The van der Waals surface area contributed by atoms with Gasteiger partial charge in [0, 0.05) is 33.2 Å². The maximum Gasteiger partial charge on any atom is 0.300 e. The van der Waals surface area contributed by atoms with Gasteiger partial charge in [-0.2, -0.15) is 0 Å². The SMILES string of the molecule is Cc1ccc(N2C(=O)C(=O)/C(=C(\O)c3c[nH]c4ccccc34)C2c2cccs2)cc1C. The third kappa shape index (κ3) is 2.99. The molecule has 1 atom stereocenters. The molecule has 31 heavy (non-hydrogen) atoms. The molecule has 1 aliphatic rings. The number of thiophene rings is 1. The summed E-state index contributed by atoms with van der Waals surface area (Å²) in [6.07, 6.45) is 1.68. The van der Waals surface area contributed by atoms with Crippen LogP contribution >= 0.6 is 11.3 Å². The van der Waals surface area contributed by atoms with E-state index >= 15 is 0 Å². The maximum atomic E-state index is 13.2. The molecule has 154 valence electrons. The molecular formula is C25H20N2O3S. The van der Waals surface area contributed by atoms with Crippen molar-refractivity contribution in [2.45, 2.75) is 19.9 Å². The van der Waals surface area contributed by atoms with Crippen LogP contribution in [0, 0.1) is 13.8 Å². The summed E-state index contributed by atoms with van der Waals surface area (Å²) < 4.78 is 0. The number of aliphatic hydroxyl groups excluding tert-OH is 1. The molecule has 4 aromatic rings. The zero-order valence-electron chi connectivity index (χ0n) is 17.0. The Hall–Kier alpha value is -3.64. The highest BCUT2D eigenvalue weighted by Gasteiger charge is 2.47. The van der Waals surface area contributed by atoms with Gasteiger partial charge in [0.15, 0.2) is 0 Å². The Morgan fingerprint density at radius 1 is 1.03 bits per heavy atom. The van der Waals surface area contributed by atoms with E-state index in [1.807, 2.05) is 73.8 Å². The van der Waals surface area contributed by atoms with Gasteiger partial charge >= 0.3 is 0 Å². The van der Waals surface area contributed by atoms with Crippen molar-refractivity contribution in [1.82, 2.24) is 4.98 Å². The first-order valence-electron chi connectivity index (χ1n) is 9.95. The number of nitrogens with one attached hydrogen (secondary N) is 1. The Balaban J connectivity index is 1.74. The first-order valence-corrected chi connectivity index (χ1v) is 10.8. The van der Waals surface area contributed by atoms with E-state index in [4.69, 9.17) is 0 Å². The minimum absolute atomic E-state index is 0.107. The highest BCUT2D eigenvalue weighted by atomic mass is 32.1. The average Bonchev–Trinajstić information content (AvgIpc) is 3.49. The van der Waals surface area contributed by atoms with E-state index in [-0.39, 0.29) is 11.3 Å². The molecule has 0 aliphatic carbocycles. The van der Waals surface area contributed by atoms with Gasteiger partial charge in [-0.15, -0.1) is 11.3 Å². The van der Waals surface area contributed by atoms with Crippen LogP contribution < -0.4 is 4.90 Å². The van der Waals surface area contributed by atoms with Crippen molar-refractivity contribution in [2.24, 2.45) is 0 Å². The lowest BCUT2D eigenvalue weighted by molar-refractivity contribution is -0.132. The van der Waals surface area contributed by atoms with Crippen LogP contribution in [-0.4, -0.2) is 21.8 Å². The van der Waals surface area contributed by atoms with Crippen LogP contribution in [0.4, 0.5) is 5.69 Å². The smallest absolute Gasteiger partial charge is 0.300 e. The number of fused-ring (bicyclic) bond motifs is 1. The maximum absolute atomic E-state index is 13.2. The van der Waals surface area contributed by atoms with Crippen LogP contribution in [0.3, 0.4) is 0 Å². The van der Waals surface area contributed by atoms with Crippen LogP contribution in [0.5, 0.6) is 0 Å². The molecule has 2 N–H and O–H groups in total. The number of aliphatic hydroxyl groups is 1. The number of rotatable bonds is 3. The molecule has 1 amide bonds. The number of benzene rings is 2. The van der Waals surface area contributed by atoms with Crippen molar-refractivity contribution in [3.63, 3.8) is 0 Å². The predicted molar refractivity (Wildman–Crippen MR) is 123 cm³/mol. The third-order valence-electron chi connectivity index (χ3n) is 5.87. The first kappa shape index (κ1) is 19.3. The van der Waals surface area contributed by atoms with Gasteiger partial charge in [-0.3, -0.25) is 14.5 Å². The number of carbonyl (C=O) groups is 2. The molecule has 2 aromatic heterocycles. The molecule has 0 bridgehead atoms. The van der Waals surface area contributed by atoms with Crippen molar-refractivity contribution in [2.75, 3.05) is 4.90 Å². The van der Waals surface area contributed by atoms with Gasteiger partial charge in [0.25, 0.3) is 11.7 Å². The summed E-state index contributed by atoms with van der Waals surface area (Å²) in [6, 6.07) is 16.3. The zero-order valence-corrected chi connectivity index (χ0v) is 17.9. The number of carbonyl (C=O) groups excluding carboxylic acids is 2. The summed E-state index contributed by atoms with van der Waals surface area (Å²) in [4.78, 5) is 31.8.